The zero-order valence-corrected chi connectivity index (χ0v) is 10.9. The summed E-state index contributed by atoms with van der Waals surface area (Å²) in [6, 6.07) is 5.47. The van der Waals surface area contributed by atoms with Crippen molar-refractivity contribution in [1.82, 2.24) is 14.9 Å². The molecule has 1 amide bonds. The first-order valence-electron chi connectivity index (χ1n) is 6.59. The number of hydrogen-bond acceptors (Lipinski definition) is 5. The summed E-state index contributed by atoms with van der Waals surface area (Å²) in [4.78, 5) is 22.0. The molecule has 0 aliphatic carbocycles. The molecule has 0 radical (unpaired) electrons. The zero-order valence-electron chi connectivity index (χ0n) is 10.9. The minimum absolute atomic E-state index is 0.0786. The third-order valence-corrected chi connectivity index (χ3v) is 3.21. The van der Waals surface area contributed by atoms with Gasteiger partial charge in [0, 0.05) is 18.9 Å². The van der Waals surface area contributed by atoms with Gasteiger partial charge in [-0.3, -0.25) is 4.79 Å². The van der Waals surface area contributed by atoms with Crippen LogP contribution in [0.15, 0.2) is 41.3 Å². The third kappa shape index (κ3) is 2.79. The Hall–Kier alpha value is -2.37. The van der Waals surface area contributed by atoms with Gasteiger partial charge >= 0.3 is 6.01 Å². The lowest BCUT2D eigenvalue weighted by Crippen LogP contribution is -2.44. The average molecular weight is 273 g/mol. The molecule has 6 heteroatoms. The van der Waals surface area contributed by atoms with E-state index in [1.54, 1.807) is 35.5 Å². The molecular weight excluding hydrogens is 258 g/mol. The SMILES string of the molecule is O=C(c1ccco1)N1CCCC(Oc2ncccn2)C1. The summed E-state index contributed by atoms with van der Waals surface area (Å²) in [7, 11) is 0. The Bertz CT molecular complexity index is 556. The number of carbonyl (C=O) groups is 1. The standard InChI is InChI=1S/C14H15N3O3/c18-13(12-5-2-9-19-12)17-8-1-4-11(10-17)20-14-15-6-3-7-16-14/h2-3,5-7,9,11H,1,4,8,10H2. The molecule has 1 unspecified atom stereocenters. The van der Waals surface area contributed by atoms with Crippen LogP contribution in [0.5, 0.6) is 6.01 Å². The minimum Gasteiger partial charge on any atom is -0.459 e. The van der Waals surface area contributed by atoms with Crippen molar-refractivity contribution < 1.29 is 13.9 Å². The van der Waals surface area contributed by atoms with Crippen LogP contribution in [0.2, 0.25) is 0 Å². The van der Waals surface area contributed by atoms with Crippen LogP contribution in [0.1, 0.15) is 23.4 Å². The second-order valence-corrected chi connectivity index (χ2v) is 4.64. The second-order valence-electron chi connectivity index (χ2n) is 4.64. The lowest BCUT2D eigenvalue weighted by molar-refractivity contribution is 0.0489. The lowest BCUT2D eigenvalue weighted by atomic mass is 10.1. The Labute approximate surface area is 116 Å². The van der Waals surface area contributed by atoms with Crippen molar-refractivity contribution >= 4 is 5.91 Å². The molecule has 3 rings (SSSR count). The van der Waals surface area contributed by atoms with Crippen LogP contribution in [0.25, 0.3) is 0 Å². The van der Waals surface area contributed by atoms with Gasteiger partial charge in [-0.2, -0.15) is 0 Å². The van der Waals surface area contributed by atoms with E-state index in [0.717, 1.165) is 19.4 Å². The van der Waals surface area contributed by atoms with Gasteiger partial charge in [0.25, 0.3) is 5.91 Å². The van der Waals surface area contributed by atoms with Crippen molar-refractivity contribution in [2.24, 2.45) is 0 Å². The van der Waals surface area contributed by atoms with E-state index in [4.69, 9.17) is 9.15 Å². The molecule has 0 saturated carbocycles. The molecule has 20 heavy (non-hydrogen) atoms. The molecule has 1 saturated heterocycles. The fraction of sp³-hybridized carbons (Fsp3) is 0.357. The van der Waals surface area contributed by atoms with Crippen LogP contribution in [0, 0.1) is 0 Å². The van der Waals surface area contributed by atoms with E-state index >= 15 is 0 Å². The Kier molecular flexibility index (Phi) is 3.62. The quantitative estimate of drug-likeness (QED) is 0.852. The lowest BCUT2D eigenvalue weighted by Gasteiger charge is -2.31. The van der Waals surface area contributed by atoms with Gasteiger partial charge in [-0.1, -0.05) is 0 Å². The van der Waals surface area contributed by atoms with Crippen LogP contribution in [-0.4, -0.2) is 40.0 Å². The molecule has 1 aliphatic rings. The summed E-state index contributed by atoms with van der Waals surface area (Å²) in [6.45, 7) is 1.24. The van der Waals surface area contributed by atoms with Crippen LogP contribution in [0.4, 0.5) is 0 Å². The summed E-state index contributed by atoms with van der Waals surface area (Å²) in [5.74, 6) is 0.263. The number of amides is 1. The predicted octanol–water partition coefficient (Wildman–Crippen LogP) is 1.75. The number of carbonyl (C=O) groups excluding carboxylic acids is 1. The van der Waals surface area contributed by atoms with Crippen molar-refractivity contribution in [1.29, 1.82) is 0 Å². The van der Waals surface area contributed by atoms with Crippen LogP contribution < -0.4 is 4.74 Å². The highest BCUT2D eigenvalue weighted by Gasteiger charge is 2.27. The summed E-state index contributed by atoms with van der Waals surface area (Å²) in [5.41, 5.74) is 0. The average Bonchev–Trinajstić information content (AvgIpc) is 3.02. The Morgan fingerprint density at radius 2 is 2.20 bits per heavy atom. The van der Waals surface area contributed by atoms with E-state index in [1.807, 2.05) is 0 Å². The Morgan fingerprint density at radius 3 is 2.95 bits per heavy atom. The number of aromatic nitrogens is 2. The molecular formula is C14H15N3O3. The molecule has 0 bridgehead atoms. The number of rotatable bonds is 3. The van der Waals surface area contributed by atoms with E-state index in [0.29, 0.717) is 18.3 Å². The van der Waals surface area contributed by atoms with Gasteiger partial charge < -0.3 is 14.1 Å². The van der Waals surface area contributed by atoms with Crippen molar-refractivity contribution in [2.75, 3.05) is 13.1 Å². The molecule has 104 valence electrons. The highest BCUT2D eigenvalue weighted by atomic mass is 16.5. The summed E-state index contributed by atoms with van der Waals surface area (Å²) >= 11 is 0. The fourth-order valence-corrected chi connectivity index (χ4v) is 2.27. The van der Waals surface area contributed by atoms with Crippen molar-refractivity contribution in [3.63, 3.8) is 0 Å². The highest BCUT2D eigenvalue weighted by Crippen LogP contribution is 2.17. The maximum absolute atomic E-state index is 12.2. The molecule has 2 aromatic rings. The number of likely N-dealkylation sites (tertiary alicyclic amines) is 1. The molecule has 1 aliphatic heterocycles. The largest absolute Gasteiger partial charge is 0.459 e. The minimum atomic E-state index is -0.0997. The maximum Gasteiger partial charge on any atom is 0.316 e. The number of piperidine rings is 1. The van der Waals surface area contributed by atoms with Gasteiger partial charge in [0.15, 0.2) is 5.76 Å². The Morgan fingerprint density at radius 1 is 1.35 bits per heavy atom. The molecule has 0 aromatic carbocycles. The first-order chi connectivity index (χ1) is 9.83. The van der Waals surface area contributed by atoms with Crippen molar-refractivity contribution in [3.8, 4) is 6.01 Å². The van der Waals surface area contributed by atoms with Gasteiger partial charge in [-0.05, 0) is 31.0 Å². The van der Waals surface area contributed by atoms with Gasteiger partial charge in [-0.15, -0.1) is 0 Å². The molecule has 1 atom stereocenters. The van der Waals surface area contributed by atoms with Crippen molar-refractivity contribution in [3.05, 3.63) is 42.6 Å². The number of nitrogens with zero attached hydrogens (tertiary/aromatic N) is 3. The normalized spacial score (nSPS) is 18.8. The Balaban J connectivity index is 1.63. The second kappa shape index (κ2) is 5.73. The molecule has 1 fully saturated rings. The topological polar surface area (TPSA) is 68.5 Å². The van der Waals surface area contributed by atoms with Crippen LogP contribution in [-0.2, 0) is 0 Å². The van der Waals surface area contributed by atoms with E-state index in [9.17, 15) is 4.79 Å². The summed E-state index contributed by atoms with van der Waals surface area (Å²) in [5, 5.41) is 0. The fourth-order valence-electron chi connectivity index (χ4n) is 2.27. The smallest absolute Gasteiger partial charge is 0.316 e. The van der Waals surface area contributed by atoms with Gasteiger partial charge in [-0.25, -0.2) is 9.97 Å². The number of ether oxygens (including phenoxy) is 1. The number of hydrogen-bond donors (Lipinski definition) is 0. The molecule has 0 spiro atoms. The molecule has 3 heterocycles. The maximum atomic E-state index is 12.2. The molecule has 0 N–H and O–H groups in total. The van der Waals surface area contributed by atoms with Crippen LogP contribution >= 0.6 is 0 Å². The van der Waals surface area contributed by atoms with Gasteiger partial charge in [0.1, 0.15) is 6.10 Å². The van der Waals surface area contributed by atoms with E-state index in [-0.39, 0.29) is 12.0 Å². The first-order valence-corrected chi connectivity index (χ1v) is 6.59. The predicted molar refractivity (Wildman–Crippen MR) is 70.3 cm³/mol. The number of furan rings is 1. The summed E-state index contributed by atoms with van der Waals surface area (Å²) < 4.78 is 10.9. The third-order valence-electron chi connectivity index (χ3n) is 3.21. The van der Waals surface area contributed by atoms with E-state index in [1.165, 1.54) is 6.26 Å². The van der Waals surface area contributed by atoms with Gasteiger partial charge in [0.2, 0.25) is 0 Å². The summed E-state index contributed by atoms with van der Waals surface area (Å²) in [6.07, 6.45) is 6.48. The van der Waals surface area contributed by atoms with Gasteiger partial charge in [0.05, 0.1) is 12.8 Å². The van der Waals surface area contributed by atoms with Crippen LogP contribution in [0.3, 0.4) is 0 Å². The molecule has 6 nitrogen and oxygen atoms in total. The molecule has 2 aromatic heterocycles. The zero-order chi connectivity index (χ0) is 13.8. The highest BCUT2D eigenvalue weighted by molar-refractivity contribution is 5.91. The van der Waals surface area contributed by atoms with E-state index < -0.39 is 0 Å². The monoisotopic (exact) mass is 273 g/mol. The first kappa shape index (κ1) is 12.7. The van der Waals surface area contributed by atoms with Crippen molar-refractivity contribution in [2.45, 2.75) is 18.9 Å². The van der Waals surface area contributed by atoms with E-state index in [2.05, 4.69) is 9.97 Å².